The molecule has 0 aromatic rings. The van der Waals surface area contributed by atoms with Crippen LogP contribution in [-0.4, -0.2) is 38.3 Å². The van der Waals surface area contributed by atoms with Crippen molar-refractivity contribution in [3.8, 4) is 0 Å². The highest BCUT2D eigenvalue weighted by molar-refractivity contribution is 5.86. The predicted octanol–water partition coefficient (Wildman–Crippen LogP) is 2.11. The molecule has 0 saturated carbocycles. The van der Waals surface area contributed by atoms with Crippen molar-refractivity contribution in [2.24, 2.45) is 11.5 Å². The van der Waals surface area contributed by atoms with E-state index in [9.17, 15) is 0 Å². The van der Waals surface area contributed by atoms with Crippen LogP contribution >= 0.6 is 49.6 Å². The lowest BCUT2D eigenvalue weighted by atomic mass is 10.2. The molecule has 0 radical (unpaired) electrons. The normalized spacial score (nSPS) is 12.0. The Morgan fingerprint density at radius 2 is 1.00 bits per heavy atom. The summed E-state index contributed by atoms with van der Waals surface area (Å²) < 4.78 is 0. The molecular weight excluding hydrogens is 342 g/mol. The molecule has 4 nitrogen and oxygen atoms in total. The van der Waals surface area contributed by atoms with Crippen LogP contribution in [0.15, 0.2) is 0 Å². The van der Waals surface area contributed by atoms with Crippen LogP contribution in [-0.2, 0) is 0 Å². The number of nitrogens with one attached hydrogen (secondary N) is 2. The highest BCUT2D eigenvalue weighted by Gasteiger charge is 2.00. The van der Waals surface area contributed by atoms with Gasteiger partial charge in [-0.2, -0.15) is 0 Å². The number of unbranched alkanes of at least 4 members (excludes halogenated alkanes) is 1. The topological polar surface area (TPSA) is 76.1 Å². The van der Waals surface area contributed by atoms with E-state index in [4.69, 9.17) is 11.5 Å². The van der Waals surface area contributed by atoms with E-state index in [1.165, 1.54) is 12.8 Å². The molecule has 0 aliphatic carbocycles. The molecule has 0 fully saturated rings. The Morgan fingerprint density at radius 1 is 0.700 bits per heavy atom. The van der Waals surface area contributed by atoms with Gasteiger partial charge in [0.05, 0.1) is 0 Å². The molecular formula is C12H34Cl4N4. The molecule has 0 spiro atoms. The van der Waals surface area contributed by atoms with Gasteiger partial charge in [-0.1, -0.05) is 0 Å². The van der Waals surface area contributed by atoms with Crippen molar-refractivity contribution in [1.82, 2.24) is 10.6 Å². The maximum Gasteiger partial charge on any atom is 0.00507 e. The predicted molar refractivity (Wildman–Crippen MR) is 100 cm³/mol. The summed E-state index contributed by atoms with van der Waals surface area (Å²) in [4.78, 5) is 0. The first kappa shape index (κ1) is 32.8. The summed E-state index contributed by atoms with van der Waals surface area (Å²) in [6, 6.07) is 1.10. The summed E-state index contributed by atoms with van der Waals surface area (Å²) in [5.74, 6) is 0. The lowest BCUT2D eigenvalue weighted by Crippen LogP contribution is -2.31. The highest BCUT2D eigenvalue weighted by Crippen LogP contribution is 1.92. The van der Waals surface area contributed by atoms with Crippen LogP contribution in [0.1, 0.15) is 39.5 Å². The van der Waals surface area contributed by atoms with Crippen molar-refractivity contribution in [2.75, 3.05) is 26.2 Å². The largest absolute Gasteiger partial charge is 0.330 e. The minimum Gasteiger partial charge on any atom is -0.330 e. The molecule has 0 saturated heterocycles. The van der Waals surface area contributed by atoms with Crippen molar-refractivity contribution < 1.29 is 0 Å². The van der Waals surface area contributed by atoms with Crippen LogP contribution in [0.2, 0.25) is 0 Å². The zero-order valence-electron chi connectivity index (χ0n) is 12.6. The average molecular weight is 376 g/mol. The average Bonchev–Trinajstić information content (AvgIpc) is 2.24. The Kier molecular flexibility index (Phi) is 41.0. The summed E-state index contributed by atoms with van der Waals surface area (Å²) in [6.45, 7) is 8.10. The number of nitrogens with two attached hydrogens (primary N) is 2. The fourth-order valence-corrected chi connectivity index (χ4v) is 1.65. The second-order valence-electron chi connectivity index (χ2n) is 4.57. The third kappa shape index (κ3) is 24.0. The molecule has 8 heteroatoms. The second kappa shape index (κ2) is 25.0. The first-order valence-electron chi connectivity index (χ1n) is 6.57. The van der Waals surface area contributed by atoms with Crippen LogP contribution < -0.4 is 22.1 Å². The van der Waals surface area contributed by atoms with Gasteiger partial charge in [-0.25, -0.2) is 0 Å². The van der Waals surface area contributed by atoms with E-state index in [0.29, 0.717) is 12.1 Å². The summed E-state index contributed by atoms with van der Waals surface area (Å²) in [7, 11) is 0. The van der Waals surface area contributed by atoms with E-state index in [-0.39, 0.29) is 49.6 Å². The molecule has 6 N–H and O–H groups in total. The summed E-state index contributed by atoms with van der Waals surface area (Å²) in [5.41, 5.74) is 11.0. The Labute approximate surface area is 149 Å². The first-order valence-corrected chi connectivity index (χ1v) is 6.57. The summed E-state index contributed by atoms with van der Waals surface area (Å²) >= 11 is 0. The van der Waals surface area contributed by atoms with Gasteiger partial charge in [0.15, 0.2) is 0 Å². The van der Waals surface area contributed by atoms with Gasteiger partial charge in [-0.05, 0) is 65.7 Å². The number of halogens is 4. The summed E-state index contributed by atoms with van der Waals surface area (Å²) in [5, 5.41) is 6.94. The SMILES string of the molecule is C[C@H](CCN)NCCCCN[C@H](C)CCN.Cl.Cl.Cl.Cl. The van der Waals surface area contributed by atoms with Crippen LogP contribution in [0.3, 0.4) is 0 Å². The smallest absolute Gasteiger partial charge is 0.00507 e. The molecule has 0 unspecified atom stereocenters. The van der Waals surface area contributed by atoms with Gasteiger partial charge in [-0.3, -0.25) is 0 Å². The standard InChI is InChI=1S/C12H30N4.4ClH/c1-11(5-7-13)15-9-3-4-10-16-12(2)6-8-14;;;;/h11-12,15-16H,3-10,13-14H2,1-2H3;4*1H/t11-,12-;;;;/m1..../s1. The van der Waals surface area contributed by atoms with Crippen LogP contribution in [0.25, 0.3) is 0 Å². The lowest BCUT2D eigenvalue weighted by Gasteiger charge is -2.14. The zero-order valence-corrected chi connectivity index (χ0v) is 15.9. The fourth-order valence-electron chi connectivity index (χ4n) is 1.65. The quantitative estimate of drug-likeness (QED) is 0.417. The Balaban J connectivity index is -0.000000187. The molecule has 130 valence electrons. The van der Waals surface area contributed by atoms with Gasteiger partial charge in [0.25, 0.3) is 0 Å². The highest BCUT2D eigenvalue weighted by atomic mass is 35.5. The fraction of sp³-hybridized carbons (Fsp3) is 1.00. The van der Waals surface area contributed by atoms with E-state index in [1.54, 1.807) is 0 Å². The van der Waals surface area contributed by atoms with Crippen molar-refractivity contribution in [3.63, 3.8) is 0 Å². The maximum absolute atomic E-state index is 5.48. The molecule has 0 bridgehead atoms. The van der Waals surface area contributed by atoms with E-state index >= 15 is 0 Å². The Morgan fingerprint density at radius 3 is 1.25 bits per heavy atom. The van der Waals surface area contributed by atoms with Gasteiger partial charge in [0.2, 0.25) is 0 Å². The first-order chi connectivity index (χ1) is 7.70. The van der Waals surface area contributed by atoms with E-state index in [0.717, 1.165) is 39.0 Å². The summed E-state index contributed by atoms with van der Waals surface area (Å²) in [6.07, 6.45) is 4.56. The van der Waals surface area contributed by atoms with Crippen LogP contribution in [0, 0.1) is 0 Å². The van der Waals surface area contributed by atoms with Gasteiger partial charge < -0.3 is 22.1 Å². The van der Waals surface area contributed by atoms with Gasteiger partial charge >= 0.3 is 0 Å². The van der Waals surface area contributed by atoms with Gasteiger partial charge in [-0.15, -0.1) is 49.6 Å². The molecule has 0 aliphatic rings. The zero-order chi connectivity index (χ0) is 12.2. The molecule has 0 aromatic carbocycles. The second-order valence-corrected chi connectivity index (χ2v) is 4.57. The molecule has 2 atom stereocenters. The van der Waals surface area contributed by atoms with Crippen molar-refractivity contribution in [3.05, 3.63) is 0 Å². The molecule has 0 amide bonds. The molecule has 0 rings (SSSR count). The Bertz CT molecular complexity index is 139. The third-order valence-corrected chi connectivity index (χ3v) is 2.79. The monoisotopic (exact) mass is 374 g/mol. The van der Waals surface area contributed by atoms with Gasteiger partial charge in [0, 0.05) is 12.1 Å². The molecule has 0 aliphatic heterocycles. The van der Waals surface area contributed by atoms with Gasteiger partial charge in [0.1, 0.15) is 0 Å². The van der Waals surface area contributed by atoms with Crippen LogP contribution in [0.5, 0.6) is 0 Å². The number of hydrogen-bond acceptors (Lipinski definition) is 4. The third-order valence-electron chi connectivity index (χ3n) is 2.79. The Hall–Kier alpha value is 1.00. The van der Waals surface area contributed by atoms with E-state index in [1.807, 2.05) is 0 Å². The van der Waals surface area contributed by atoms with Crippen molar-refractivity contribution in [2.45, 2.75) is 51.6 Å². The minimum absolute atomic E-state index is 0. The molecule has 0 aromatic heterocycles. The maximum atomic E-state index is 5.48. The minimum atomic E-state index is 0. The van der Waals surface area contributed by atoms with E-state index in [2.05, 4.69) is 24.5 Å². The molecule has 20 heavy (non-hydrogen) atoms. The molecule has 0 heterocycles. The number of rotatable bonds is 11. The lowest BCUT2D eigenvalue weighted by molar-refractivity contribution is 0.476. The van der Waals surface area contributed by atoms with Crippen molar-refractivity contribution >= 4 is 49.6 Å². The number of hydrogen-bond donors (Lipinski definition) is 4. The van der Waals surface area contributed by atoms with Crippen molar-refractivity contribution in [1.29, 1.82) is 0 Å². The van der Waals surface area contributed by atoms with E-state index < -0.39 is 0 Å². The van der Waals surface area contributed by atoms with Crippen LogP contribution in [0.4, 0.5) is 0 Å².